The highest BCUT2D eigenvalue weighted by atomic mass is 35.5. The van der Waals surface area contributed by atoms with E-state index in [1.165, 1.54) is 12.1 Å². The fraction of sp³-hybridized carbons (Fsp3) is 0.167. The van der Waals surface area contributed by atoms with Gasteiger partial charge in [-0.1, -0.05) is 48.0 Å². The van der Waals surface area contributed by atoms with Crippen LogP contribution in [0.15, 0.2) is 58.8 Å². The summed E-state index contributed by atoms with van der Waals surface area (Å²) in [7, 11) is 3.57. The zero-order chi connectivity index (χ0) is 17.7. The largest absolute Gasteiger partial charge is 0.506 e. The lowest BCUT2D eigenvalue weighted by molar-refractivity contribution is 0.439. The van der Waals surface area contributed by atoms with Crippen molar-refractivity contribution in [1.29, 1.82) is 0 Å². The van der Waals surface area contributed by atoms with Crippen LogP contribution in [0, 0.1) is 4.91 Å². The molecule has 0 spiro atoms. The van der Waals surface area contributed by atoms with Crippen molar-refractivity contribution in [3.63, 3.8) is 0 Å². The van der Waals surface area contributed by atoms with Crippen LogP contribution in [0.1, 0.15) is 18.1 Å². The second-order valence-corrected chi connectivity index (χ2v) is 5.68. The molecule has 5 nitrogen and oxygen atoms in total. The summed E-state index contributed by atoms with van der Waals surface area (Å²) < 4.78 is 0. The highest BCUT2D eigenvalue weighted by molar-refractivity contribution is 6.36. The molecule has 0 aromatic heterocycles. The SMILES string of the molecule is C/C=C(/C(=N\N(C)C)c1cc(Cl)c(O)cc1N=O)c1ccccc1. The van der Waals surface area contributed by atoms with Crippen LogP contribution >= 0.6 is 11.6 Å². The lowest BCUT2D eigenvalue weighted by Crippen LogP contribution is -2.12. The van der Waals surface area contributed by atoms with Crippen LogP contribution in [0.4, 0.5) is 5.69 Å². The number of halogens is 1. The minimum atomic E-state index is -0.194. The van der Waals surface area contributed by atoms with Gasteiger partial charge in [-0.15, -0.1) is 4.91 Å². The van der Waals surface area contributed by atoms with Gasteiger partial charge in [0.15, 0.2) is 0 Å². The maximum atomic E-state index is 11.2. The summed E-state index contributed by atoms with van der Waals surface area (Å²) in [5, 5.41) is 19.0. The Hall–Kier alpha value is -2.66. The molecule has 0 fully saturated rings. The first kappa shape index (κ1) is 17.7. The molecule has 6 heteroatoms. The second kappa shape index (κ2) is 7.75. The topological polar surface area (TPSA) is 65.3 Å². The van der Waals surface area contributed by atoms with Crippen molar-refractivity contribution in [2.24, 2.45) is 10.3 Å². The number of nitrogens with zero attached hydrogens (tertiary/aromatic N) is 3. The Morgan fingerprint density at radius 1 is 1.21 bits per heavy atom. The quantitative estimate of drug-likeness (QED) is 0.481. The number of nitroso groups, excluding NO2 is 1. The molecule has 1 N–H and O–H groups in total. The molecular formula is C18H18ClN3O2. The number of phenols is 1. The minimum absolute atomic E-state index is 0.0766. The third kappa shape index (κ3) is 3.81. The predicted molar refractivity (Wildman–Crippen MR) is 98.9 cm³/mol. The standard InChI is InChI=1S/C18H18ClN3O2/c1-4-13(12-8-6-5-7-9-12)18(20-22(2)3)14-10-15(19)17(23)11-16(14)21-24/h4-11,23H,1-3H3/b13-4+,20-18+. The molecule has 0 radical (unpaired) electrons. The van der Waals surface area contributed by atoms with E-state index >= 15 is 0 Å². The summed E-state index contributed by atoms with van der Waals surface area (Å²) in [6.45, 7) is 1.89. The third-order valence-corrected chi connectivity index (χ3v) is 3.65. The van der Waals surface area contributed by atoms with E-state index in [4.69, 9.17) is 11.6 Å². The molecule has 24 heavy (non-hydrogen) atoms. The highest BCUT2D eigenvalue weighted by Crippen LogP contribution is 2.35. The molecule has 0 atom stereocenters. The first-order chi connectivity index (χ1) is 11.5. The summed E-state index contributed by atoms with van der Waals surface area (Å²) in [6.07, 6.45) is 1.91. The van der Waals surface area contributed by atoms with Gasteiger partial charge in [-0.05, 0) is 23.7 Å². The van der Waals surface area contributed by atoms with Gasteiger partial charge in [0.1, 0.15) is 17.1 Å². The smallest absolute Gasteiger partial charge is 0.136 e. The van der Waals surface area contributed by atoms with Gasteiger partial charge in [-0.25, -0.2) is 0 Å². The van der Waals surface area contributed by atoms with Gasteiger partial charge in [0.2, 0.25) is 0 Å². The fourth-order valence-corrected chi connectivity index (χ4v) is 2.49. The van der Waals surface area contributed by atoms with Crippen molar-refractivity contribution in [1.82, 2.24) is 5.01 Å². The number of aromatic hydroxyl groups is 1. The maximum Gasteiger partial charge on any atom is 0.136 e. The molecule has 0 aliphatic heterocycles. The van der Waals surface area contributed by atoms with Crippen LogP contribution in [0.3, 0.4) is 0 Å². The number of rotatable bonds is 5. The van der Waals surface area contributed by atoms with E-state index in [0.29, 0.717) is 11.3 Å². The monoisotopic (exact) mass is 343 g/mol. The molecule has 0 aliphatic rings. The number of hydrogen-bond donors (Lipinski definition) is 1. The molecule has 0 bridgehead atoms. The molecule has 0 saturated carbocycles. The summed E-state index contributed by atoms with van der Waals surface area (Å²) >= 11 is 6.04. The van der Waals surface area contributed by atoms with Crippen molar-refractivity contribution in [2.45, 2.75) is 6.92 Å². The van der Waals surface area contributed by atoms with Crippen molar-refractivity contribution < 1.29 is 5.11 Å². The van der Waals surface area contributed by atoms with Crippen molar-refractivity contribution in [3.8, 4) is 5.75 Å². The number of phenolic OH excluding ortho intramolecular Hbond substituents is 1. The molecular weight excluding hydrogens is 326 g/mol. The van der Waals surface area contributed by atoms with Gasteiger partial charge in [0, 0.05) is 31.3 Å². The summed E-state index contributed by atoms with van der Waals surface area (Å²) in [4.78, 5) is 11.2. The Balaban J connectivity index is 2.72. The maximum absolute atomic E-state index is 11.2. The van der Waals surface area contributed by atoms with Crippen LogP contribution in [0.2, 0.25) is 5.02 Å². The van der Waals surface area contributed by atoms with Gasteiger partial charge >= 0.3 is 0 Å². The van der Waals surface area contributed by atoms with E-state index in [-0.39, 0.29) is 16.5 Å². The second-order valence-electron chi connectivity index (χ2n) is 5.28. The third-order valence-electron chi connectivity index (χ3n) is 3.35. The van der Waals surface area contributed by atoms with E-state index in [2.05, 4.69) is 10.3 Å². The van der Waals surface area contributed by atoms with Gasteiger partial charge in [-0.3, -0.25) is 0 Å². The van der Waals surface area contributed by atoms with Crippen LogP contribution < -0.4 is 0 Å². The van der Waals surface area contributed by atoms with Crippen LogP contribution in [-0.2, 0) is 0 Å². The van der Waals surface area contributed by atoms with Crippen molar-refractivity contribution >= 4 is 28.6 Å². The molecule has 0 unspecified atom stereocenters. The lowest BCUT2D eigenvalue weighted by atomic mass is 9.94. The highest BCUT2D eigenvalue weighted by Gasteiger charge is 2.19. The minimum Gasteiger partial charge on any atom is -0.506 e. The average molecular weight is 344 g/mol. The summed E-state index contributed by atoms with van der Waals surface area (Å²) in [6, 6.07) is 12.4. The first-order valence-corrected chi connectivity index (χ1v) is 7.70. The van der Waals surface area contributed by atoms with Crippen molar-refractivity contribution in [3.05, 3.63) is 69.6 Å². The first-order valence-electron chi connectivity index (χ1n) is 7.32. The summed E-state index contributed by atoms with van der Waals surface area (Å²) in [5.41, 5.74) is 2.86. The van der Waals surface area contributed by atoms with Gasteiger partial charge in [-0.2, -0.15) is 5.10 Å². The Kier molecular flexibility index (Phi) is 5.71. The van der Waals surface area contributed by atoms with Crippen LogP contribution in [0.25, 0.3) is 5.57 Å². The Morgan fingerprint density at radius 2 is 1.88 bits per heavy atom. The van der Waals surface area contributed by atoms with Crippen molar-refractivity contribution in [2.75, 3.05) is 14.1 Å². The molecule has 0 aliphatic carbocycles. The lowest BCUT2D eigenvalue weighted by Gasteiger charge is -2.16. The van der Waals surface area contributed by atoms with E-state index in [0.717, 1.165) is 11.1 Å². The van der Waals surface area contributed by atoms with Gasteiger partial charge in [0.05, 0.1) is 5.02 Å². The Bertz CT molecular complexity index is 799. The molecule has 2 rings (SSSR count). The zero-order valence-corrected chi connectivity index (χ0v) is 14.4. The summed E-state index contributed by atoms with van der Waals surface area (Å²) in [5.74, 6) is -0.194. The molecule has 124 valence electrons. The number of hydrazone groups is 1. The van der Waals surface area contributed by atoms with E-state index < -0.39 is 0 Å². The fourth-order valence-electron chi connectivity index (χ4n) is 2.33. The van der Waals surface area contributed by atoms with Gasteiger partial charge < -0.3 is 10.1 Å². The number of allylic oxidation sites excluding steroid dienone is 2. The van der Waals surface area contributed by atoms with E-state index in [1.807, 2.05) is 43.3 Å². The average Bonchev–Trinajstić information content (AvgIpc) is 2.57. The molecule has 2 aromatic rings. The normalized spacial score (nSPS) is 12.2. The van der Waals surface area contributed by atoms with Crippen LogP contribution in [0.5, 0.6) is 5.75 Å². The van der Waals surface area contributed by atoms with Gasteiger partial charge in [0.25, 0.3) is 0 Å². The number of hydrogen-bond acceptors (Lipinski definition) is 5. The Labute approximate surface area is 145 Å². The molecule has 0 saturated heterocycles. The molecule has 0 amide bonds. The molecule has 0 heterocycles. The molecule has 2 aromatic carbocycles. The van der Waals surface area contributed by atoms with E-state index in [1.54, 1.807) is 19.1 Å². The number of benzene rings is 2. The van der Waals surface area contributed by atoms with E-state index in [9.17, 15) is 10.0 Å². The van der Waals surface area contributed by atoms with Crippen LogP contribution in [-0.4, -0.2) is 29.9 Å². The predicted octanol–water partition coefficient (Wildman–Crippen LogP) is 4.81. The Morgan fingerprint density at radius 3 is 2.42 bits per heavy atom. The zero-order valence-electron chi connectivity index (χ0n) is 13.7.